The van der Waals surface area contributed by atoms with Crippen LogP contribution in [0, 0.1) is 0 Å². The summed E-state index contributed by atoms with van der Waals surface area (Å²) in [4.78, 5) is 23.8. The van der Waals surface area contributed by atoms with E-state index in [2.05, 4.69) is 5.32 Å². The molecule has 1 amide bonds. The summed E-state index contributed by atoms with van der Waals surface area (Å²) in [5.74, 6) is -0.683. The Kier molecular flexibility index (Phi) is 3.98. The maximum absolute atomic E-state index is 12.0. The van der Waals surface area contributed by atoms with Crippen molar-refractivity contribution >= 4 is 34.3 Å². The van der Waals surface area contributed by atoms with E-state index in [1.807, 2.05) is 6.07 Å². The van der Waals surface area contributed by atoms with Crippen LogP contribution in [0.1, 0.15) is 6.42 Å². The van der Waals surface area contributed by atoms with Crippen LogP contribution in [0.4, 0.5) is 5.69 Å². The van der Waals surface area contributed by atoms with Crippen molar-refractivity contribution in [2.24, 2.45) is 0 Å². The molecule has 5 nitrogen and oxygen atoms in total. The predicted molar refractivity (Wildman–Crippen MR) is 85.2 cm³/mol. The molecule has 0 atom stereocenters. The van der Waals surface area contributed by atoms with Gasteiger partial charge in [0, 0.05) is 13.0 Å². The van der Waals surface area contributed by atoms with Gasteiger partial charge in [0.1, 0.15) is 0 Å². The van der Waals surface area contributed by atoms with Crippen molar-refractivity contribution in [1.82, 2.24) is 4.57 Å². The average Bonchev–Trinajstić information content (AvgIpc) is 2.83. The van der Waals surface area contributed by atoms with Gasteiger partial charge in [0.2, 0.25) is 5.91 Å². The van der Waals surface area contributed by atoms with E-state index >= 15 is 0 Å². The van der Waals surface area contributed by atoms with Crippen LogP contribution in [-0.4, -0.2) is 10.5 Å². The third-order valence-electron chi connectivity index (χ3n) is 3.28. The summed E-state index contributed by atoms with van der Waals surface area (Å²) in [5, 5.41) is 3.20. The van der Waals surface area contributed by atoms with Crippen molar-refractivity contribution in [3.8, 4) is 0 Å². The number of oxazole rings is 1. The Hall–Kier alpha value is -2.53. The van der Waals surface area contributed by atoms with E-state index < -0.39 is 5.76 Å². The minimum absolute atomic E-state index is 0.147. The van der Waals surface area contributed by atoms with Crippen molar-refractivity contribution in [2.75, 3.05) is 5.32 Å². The van der Waals surface area contributed by atoms with Crippen molar-refractivity contribution in [1.29, 1.82) is 0 Å². The third kappa shape index (κ3) is 2.89. The van der Waals surface area contributed by atoms with Gasteiger partial charge in [-0.15, -0.1) is 0 Å². The van der Waals surface area contributed by atoms with Crippen LogP contribution in [0.2, 0.25) is 5.02 Å². The van der Waals surface area contributed by atoms with E-state index in [4.69, 9.17) is 16.0 Å². The number of anilines is 1. The molecular formula is C16H13ClN2O3. The first kappa shape index (κ1) is 14.4. The number of carbonyl (C=O) groups excluding carboxylic acids is 1. The highest BCUT2D eigenvalue weighted by atomic mass is 35.5. The molecule has 0 fully saturated rings. The molecule has 3 aromatic rings. The van der Waals surface area contributed by atoms with Crippen LogP contribution in [0.25, 0.3) is 11.1 Å². The fraction of sp³-hybridized carbons (Fsp3) is 0.125. The number of halogens is 1. The van der Waals surface area contributed by atoms with E-state index in [9.17, 15) is 9.59 Å². The molecule has 0 aliphatic heterocycles. The number of aromatic nitrogens is 1. The summed E-state index contributed by atoms with van der Waals surface area (Å²) in [7, 11) is 0. The Morgan fingerprint density at radius 1 is 1.14 bits per heavy atom. The minimum atomic E-state index is -0.466. The molecule has 1 heterocycles. The number of carbonyl (C=O) groups is 1. The highest BCUT2D eigenvalue weighted by Crippen LogP contribution is 2.20. The number of amides is 1. The number of nitrogens with zero attached hydrogens (tertiary/aromatic N) is 1. The first-order valence-electron chi connectivity index (χ1n) is 6.78. The van der Waals surface area contributed by atoms with Crippen molar-refractivity contribution in [3.05, 3.63) is 64.1 Å². The predicted octanol–water partition coefficient (Wildman–Crippen LogP) is 3.28. The first-order valence-corrected chi connectivity index (χ1v) is 7.16. The molecule has 112 valence electrons. The molecule has 0 saturated carbocycles. The smallest absolute Gasteiger partial charge is 0.408 e. The van der Waals surface area contributed by atoms with Crippen molar-refractivity contribution in [3.63, 3.8) is 0 Å². The fourth-order valence-electron chi connectivity index (χ4n) is 2.21. The quantitative estimate of drug-likeness (QED) is 0.803. The Balaban J connectivity index is 1.72. The monoisotopic (exact) mass is 316 g/mol. The van der Waals surface area contributed by atoms with Gasteiger partial charge in [-0.05, 0) is 24.3 Å². The summed E-state index contributed by atoms with van der Waals surface area (Å²) in [5.41, 5.74) is 1.75. The van der Waals surface area contributed by atoms with E-state index in [-0.39, 0.29) is 18.9 Å². The SMILES string of the molecule is O=C(CCn1c(=O)oc2ccccc21)Nc1ccccc1Cl. The van der Waals surface area contributed by atoms with Crippen molar-refractivity contribution < 1.29 is 9.21 Å². The van der Waals surface area contributed by atoms with Gasteiger partial charge >= 0.3 is 5.76 Å². The second-order valence-electron chi connectivity index (χ2n) is 4.77. The minimum Gasteiger partial charge on any atom is -0.408 e. The summed E-state index contributed by atoms with van der Waals surface area (Å²) >= 11 is 5.99. The largest absolute Gasteiger partial charge is 0.419 e. The maximum Gasteiger partial charge on any atom is 0.419 e. The molecule has 22 heavy (non-hydrogen) atoms. The van der Waals surface area contributed by atoms with Crippen LogP contribution in [0.3, 0.4) is 0 Å². The lowest BCUT2D eigenvalue weighted by atomic mass is 10.3. The summed E-state index contributed by atoms with van der Waals surface area (Å²) < 4.78 is 6.57. The average molecular weight is 317 g/mol. The molecule has 1 N–H and O–H groups in total. The van der Waals surface area contributed by atoms with Gasteiger partial charge in [-0.2, -0.15) is 0 Å². The molecule has 0 aliphatic carbocycles. The van der Waals surface area contributed by atoms with Gasteiger partial charge in [-0.3, -0.25) is 9.36 Å². The Labute approximate surface area is 131 Å². The molecule has 2 aromatic carbocycles. The zero-order chi connectivity index (χ0) is 15.5. The molecule has 0 spiro atoms. The Morgan fingerprint density at radius 2 is 1.86 bits per heavy atom. The number of aryl methyl sites for hydroxylation is 1. The molecule has 0 radical (unpaired) electrons. The summed E-state index contributed by atoms with van der Waals surface area (Å²) in [6.45, 7) is 0.242. The molecule has 1 aromatic heterocycles. The van der Waals surface area contributed by atoms with Gasteiger partial charge in [-0.1, -0.05) is 35.9 Å². The highest BCUT2D eigenvalue weighted by molar-refractivity contribution is 6.33. The molecule has 6 heteroatoms. The van der Waals surface area contributed by atoms with Gasteiger partial charge in [0.15, 0.2) is 5.58 Å². The number of rotatable bonds is 4. The normalized spacial score (nSPS) is 10.8. The number of nitrogens with one attached hydrogen (secondary N) is 1. The number of fused-ring (bicyclic) bond motifs is 1. The Morgan fingerprint density at radius 3 is 2.68 bits per heavy atom. The number of hydrogen-bond donors (Lipinski definition) is 1. The molecular weight excluding hydrogens is 304 g/mol. The lowest BCUT2D eigenvalue weighted by molar-refractivity contribution is -0.116. The Bertz CT molecular complexity index is 882. The van der Waals surface area contributed by atoms with E-state index in [0.717, 1.165) is 0 Å². The standard InChI is InChI=1S/C16H13ClN2O3/c17-11-5-1-2-6-12(11)18-15(20)9-10-19-13-7-3-4-8-14(13)22-16(19)21/h1-8H,9-10H2,(H,18,20). The van der Waals surface area contributed by atoms with E-state index in [1.165, 1.54) is 4.57 Å². The topological polar surface area (TPSA) is 64.2 Å². The molecule has 0 aliphatic rings. The number of hydrogen-bond acceptors (Lipinski definition) is 3. The van der Waals surface area contributed by atoms with Crippen LogP contribution in [0.5, 0.6) is 0 Å². The number of para-hydroxylation sites is 3. The zero-order valence-electron chi connectivity index (χ0n) is 11.6. The van der Waals surface area contributed by atoms with Gasteiger partial charge in [0.25, 0.3) is 0 Å². The highest BCUT2D eigenvalue weighted by Gasteiger charge is 2.11. The zero-order valence-corrected chi connectivity index (χ0v) is 12.3. The number of benzene rings is 2. The fourth-order valence-corrected chi connectivity index (χ4v) is 2.40. The second-order valence-corrected chi connectivity index (χ2v) is 5.17. The van der Waals surface area contributed by atoms with Crippen LogP contribution >= 0.6 is 11.6 Å². The molecule has 3 rings (SSSR count). The molecule has 0 bridgehead atoms. The van der Waals surface area contributed by atoms with E-state index in [1.54, 1.807) is 42.5 Å². The second kappa shape index (κ2) is 6.07. The maximum atomic E-state index is 12.0. The summed E-state index contributed by atoms with van der Waals surface area (Å²) in [6.07, 6.45) is 0.147. The van der Waals surface area contributed by atoms with Crippen LogP contribution in [0.15, 0.2) is 57.7 Å². The lowest BCUT2D eigenvalue weighted by Crippen LogP contribution is -2.19. The summed E-state index contributed by atoms with van der Waals surface area (Å²) in [6, 6.07) is 14.1. The van der Waals surface area contributed by atoms with Gasteiger partial charge < -0.3 is 9.73 Å². The first-order chi connectivity index (χ1) is 10.6. The third-order valence-corrected chi connectivity index (χ3v) is 3.61. The molecule has 0 saturated heterocycles. The molecule has 0 unspecified atom stereocenters. The van der Waals surface area contributed by atoms with Gasteiger partial charge in [-0.25, -0.2) is 4.79 Å². The van der Waals surface area contributed by atoms with E-state index in [0.29, 0.717) is 21.8 Å². The van der Waals surface area contributed by atoms with Crippen LogP contribution in [-0.2, 0) is 11.3 Å². The van der Waals surface area contributed by atoms with Crippen molar-refractivity contribution in [2.45, 2.75) is 13.0 Å². The van der Waals surface area contributed by atoms with Crippen LogP contribution < -0.4 is 11.1 Å². The lowest BCUT2D eigenvalue weighted by Gasteiger charge is -2.07. The van der Waals surface area contributed by atoms with Gasteiger partial charge in [0.05, 0.1) is 16.2 Å².